The molecule has 2 N–H and O–H groups in total. The first kappa shape index (κ1) is 23.2. The van der Waals surface area contributed by atoms with E-state index in [4.69, 9.17) is 11.6 Å². The third-order valence-electron chi connectivity index (χ3n) is 5.12. The van der Waals surface area contributed by atoms with Crippen LogP contribution in [0.2, 0.25) is 0 Å². The molecule has 1 unspecified atom stereocenters. The number of carbonyl (C=O) groups is 1. The van der Waals surface area contributed by atoms with Gasteiger partial charge < -0.3 is 10.6 Å². The Balaban J connectivity index is 1.77. The minimum atomic E-state index is -0.514. The van der Waals surface area contributed by atoms with E-state index in [9.17, 15) is 14.9 Å². The van der Waals surface area contributed by atoms with E-state index in [2.05, 4.69) is 22.5 Å². The van der Waals surface area contributed by atoms with E-state index in [0.717, 1.165) is 12.0 Å². The molecule has 1 heterocycles. The van der Waals surface area contributed by atoms with Crippen LogP contribution in [0, 0.1) is 23.0 Å². The average Bonchev–Trinajstić information content (AvgIpc) is 2.72. The fraction of sp³-hybridized carbons (Fsp3) is 0.250. The van der Waals surface area contributed by atoms with Gasteiger partial charge in [-0.05, 0) is 61.6 Å². The number of halogens is 1. The summed E-state index contributed by atoms with van der Waals surface area (Å²) in [5.74, 6) is 0.614. The molecule has 7 nitrogen and oxygen atoms in total. The van der Waals surface area contributed by atoms with Crippen LogP contribution in [0.1, 0.15) is 47.8 Å². The minimum Gasteiger partial charge on any atom is -0.364 e. The van der Waals surface area contributed by atoms with Gasteiger partial charge in [0.2, 0.25) is 0 Å². The number of rotatable bonds is 6. The highest BCUT2D eigenvalue weighted by Gasteiger charge is 2.16. The molecule has 8 heteroatoms. The number of allylic oxidation sites excluding steroid dienone is 3. The quantitative estimate of drug-likeness (QED) is 0.422. The Morgan fingerprint density at radius 3 is 2.81 bits per heavy atom. The number of benzene rings is 2. The van der Waals surface area contributed by atoms with Crippen molar-refractivity contribution in [3.05, 3.63) is 93.3 Å². The molecule has 3 rings (SSSR count). The van der Waals surface area contributed by atoms with Crippen LogP contribution >= 0.6 is 11.6 Å². The lowest BCUT2D eigenvalue weighted by molar-refractivity contribution is -0.384. The van der Waals surface area contributed by atoms with E-state index >= 15 is 0 Å². The summed E-state index contributed by atoms with van der Waals surface area (Å²) in [7, 11) is 0. The van der Waals surface area contributed by atoms with Crippen LogP contribution in [0.15, 0.2) is 71.5 Å². The zero-order valence-electron chi connectivity index (χ0n) is 18.1. The number of anilines is 1. The van der Waals surface area contributed by atoms with E-state index in [1.165, 1.54) is 12.1 Å². The smallest absolute Gasteiger partial charge is 0.270 e. The Morgan fingerprint density at radius 1 is 1.28 bits per heavy atom. The highest BCUT2D eigenvalue weighted by molar-refractivity contribution is 6.68. The molecular formula is C24H25ClN4O3. The van der Waals surface area contributed by atoms with Crippen molar-refractivity contribution in [3.63, 3.8) is 0 Å². The molecule has 32 heavy (non-hydrogen) atoms. The normalized spacial score (nSPS) is 17.8. The summed E-state index contributed by atoms with van der Waals surface area (Å²) in [4.78, 5) is 27.7. The third kappa shape index (κ3) is 6.04. The van der Waals surface area contributed by atoms with Crippen molar-refractivity contribution in [1.29, 1.82) is 0 Å². The van der Waals surface area contributed by atoms with Crippen LogP contribution in [-0.2, 0) is 0 Å². The fourth-order valence-corrected chi connectivity index (χ4v) is 3.53. The van der Waals surface area contributed by atoms with E-state index < -0.39 is 10.8 Å². The van der Waals surface area contributed by atoms with Crippen LogP contribution in [0.4, 0.5) is 11.4 Å². The van der Waals surface area contributed by atoms with Crippen LogP contribution < -0.4 is 10.6 Å². The van der Waals surface area contributed by atoms with Gasteiger partial charge in [0, 0.05) is 23.4 Å². The van der Waals surface area contributed by atoms with Gasteiger partial charge in [-0.25, -0.2) is 4.99 Å². The summed E-state index contributed by atoms with van der Waals surface area (Å²) in [5, 5.41) is 17.7. The molecule has 0 aromatic heterocycles. The van der Waals surface area contributed by atoms with E-state index in [1.54, 1.807) is 25.1 Å². The van der Waals surface area contributed by atoms with Crippen molar-refractivity contribution >= 4 is 34.1 Å². The molecule has 0 spiro atoms. The first-order valence-electron chi connectivity index (χ1n) is 10.3. The predicted octanol–water partition coefficient (Wildman–Crippen LogP) is 5.88. The predicted molar refractivity (Wildman–Crippen MR) is 128 cm³/mol. The number of nitrogens with zero attached hydrogens (tertiary/aromatic N) is 2. The average molecular weight is 453 g/mol. The summed E-state index contributed by atoms with van der Waals surface area (Å²) in [6.07, 6.45) is 6.72. The Bertz CT molecular complexity index is 1120. The molecule has 0 saturated heterocycles. The number of nitro benzene ring substituents is 1. The largest absolute Gasteiger partial charge is 0.364 e. The molecule has 1 amide bonds. The van der Waals surface area contributed by atoms with Gasteiger partial charge in [0.1, 0.15) is 11.0 Å². The van der Waals surface area contributed by atoms with E-state index in [-0.39, 0.29) is 17.3 Å². The SMILES string of the molecule is Cc1ccc([N+](=O)[O-])cc1C(=O)Nc1cccc([C@H](C)NC2=CC(C)C/C=C/C(Cl)=N2)c1. The Labute approximate surface area is 192 Å². The zero-order valence-corrected chi connectivity index (χ0v) is 18.9. The summed E-state index contributed by atoms with van der Waals surface area (Å²) in [6.45, 7) is 5.85. The second-order valence-corrected chi connectivity index (χ2v) is 8.19. The van der Waals surface area contributed by atoms with Crippen LogP contribution in [0.5, 0.6) is 0 Å². The summed E-state index contributed by atoms with van der Waals surface area (Å²) >= 11 is 6.14. The number of non-ortho nitro benzene ring substituents is 1. The summed E-state index contributed by atoms with van der Waals surface area (Å²) < 4.78 is 0. The second kappa shape index (κ2) is 10.2. The van der Waals surface area contributed by atoms with Gasteiger partial charge in [-0.15, -0.1) is 0 Å². The second-order valence-electron chi connectivity index (χ2n) is 7.80. The van der Waals surface area contributed by atoms with Crippen LogP contribution in [-0.4, -0.2) is 16.0 Å². The van der Waals surface area contributed by atoms with Gasteiger partial charge in [0.05, 0.1) is 11.0 Å². The first-order valence-corrected chi connectivity index (χ1v) is 10.7. The molecule has 1 aliphatic rings. The monoisotopic (exact) mass is 452 g/mol. The number of aliphatic imine (C=N–C) groups is 1. The maximum atomic E-state index is 12.8. The number of nitro groups is 1. The molecule has 1 aliphatic heterocycles. The standard InChI is InChI=1S/C24H25ClN4O3/c1-15-6-4-9-22(25)28-23(12-15)26-17(3)18-7-5-8-19(13-18)27-24(30)21-14-20(29(31)32)11-10-16(21)2/h4-5,7-15,17,26H,6H2,1-3H3,(H,27,30)/b9-4+,23-12?,28-22?/t15?,17-/m0/s1. The lowest BCUT2D eigenvalue weighted by atomic mass is 10.0. The number of carbonyl (C=O) groups excluding carboxylic acids is 1. The van der Waals surface area contributed by atoms with Gasteiger partial charge in [0.15, 0.2) is 0 Å². The lowest BCUT2D eigenvalue weighted by Gasteiger charge is -2.19. The van der Waals surface area contributed by atoms with Crippen molar-refractivity contribution in [2.45, 2.75) is 33.2 Å². The maximum Gasteiger partial charge on any atom is 0.270 e. The number of hydrogen-bond donors (Lipinski definition) is 2. The number of nitrogens with one attached hydrogen (secondary N) is 2. The molecule has 0 saturated carbocycles. The van der Waals surface area contributed by atoms with Gasteiger partial charge in [-0.2, -0.15) is 0 Å². The minimum absolute atomic E-state index is 0.0959. The highest BCUT2D eigenvalue weighted by Crippen LogP contribution is 2.23. The molecule has 0 bridgehead atoms. The Hall–Kier alpha value is -3.45. The summed E-state index contributed by atoms with van der Waals surface area (Å²) in [6, 6.07) is 11.6. The molecule has 2 aromatic rings. The lowest BCUT2D eigenvalue weighted by Crippen LogP contribution is -2.19. The number of hydrogen-bond acceptors (Lipinski definition) is 5. The summed E-state index contributed by atoms with van der Waals surface area (Å²) in [5.41, 5.74) is 2.34. The first-order chi connectivity index (χ1) is 15.2. The topological polar surface area (TPSA) is 96.6 Å². The van der Waals surface area contributed by atoms with Gasteiger partial charge in [0.25, 0.3) is 11.6 Å². The van der Waals surface area contributed by atoms with Gasteiger partial charge in [-0.1, -0.05) is 42.8 Å². The van der Waals surface area contributed by atoms with Crippen molar-refractivity contribution in [2.75, 3.05) is 5.32 Å². The molecule has 2 atom stereocenters. The van der Waals surface area contributed by atoms with Crippen molar-refractivity contribution in [2.24, 2.45) is 10.9 Å². The molecule has 2 aromatic carbocycles. The Morgan fingerprint density at radius 2 is 2.06 bits per heavy atom. The number of amides is 1. The van der Waals surface area contributed by atoms with Crippen molar-refractivity contribution in [3.8, 4) is 0 Å². The van der Waals surface area contributed by atoms with Crippen LogP contribution in [0.3, 0.4) is 0 Å². The highest BCUT2D eigenvalue weighted by atomic mass is 35.5. The molecule has 0 fully saturated rings. The van der Waals surface area contributed by atoms with Gasteiger partial charge >= 0.3 is 0 Å². The third-order valence-corrected chi connectivity index (χ3v) is 5.33. The molecular weight excluding hydrogens is 428 g/mol. The fourth-order valence-electron chi connectivity index (χ4n) is 3.35. The molecule has 166 valence electrons. The molecule has 0 radical (unpaired) electrons. The van der Waals surface area contributed by atoms with Crippen molar-refractivity contribution < 1.29 is 9.72 Å². The van der Waals surface area contributed by atoms with E-state index in [0.29, 0.717) is 28.2 Å². The Kier molecular flexibility index (Phi) is 7.43. The molecule has 0 aliphatic carbocycles. The van der Waals surface area contributed by atoms with Crippen molar-refractivity contribution in [1.82, 2.24) is 5.32 Å². The number of aryl methyl sites for hydroxylation is 1. The maximum absolute atomic E-state index is 12.8. The van der Waals surface area contributed by atoms with Crippen LogP contribution in [0.25, 0.3) is 0 Å². The van der Waals surface area contributed by atoms with Gasteiger partial charge in [-0.3, -0.25) is 14.9 Å². The van der Waals surface area contributed by atoms with E-state index in [1.807, 2.05) is 37.3 Å². The zero-order chi connectivity index (χ0) is 23.3.